The van der Waals surface area contributed by atoms with Crippen LogP contribution in [0.2, 0.25) is 0 Å². The first-order valence-electron chi connectivity index (χ1n) is 7.10. The summed E-state index contributed by atoms with van der Waals surface area (Å²) >= 11 is 3.47. The Morgan fingerprint density at radius 2 is 1.86 bits per heavy atom. The summed E-state index contributed by atoms with van der Waals surface area (Å²) < 4.78 is 38.2. The van der Waals surface area contributed by atoms with Gasteiger partial charge in [-0.2, -0.15) is 13.2 Å². The van der Waals surface area contributed by atoms with Crippen LogP contribution in [0, 0.1) is 5.92 Å². The van der Waals surface area contributed by atoms with E-state index in [9.17, 15) is 13.2 Å². The zero-order chi connectivity index (χ0) is 15.5. The lowest BCUT2D eigenvalue weighted by atomic mass is 10.1. The van der Waals surface area contributed by atoms with E-state index in [1.807, 2.05) is 4.90 Å². The number of rotatable bonds is 4. The van der Waals surface area contributed by atoms with E-state index in [1.54, 1.807) is 6.07 Å². The Kier molecular flexibility index (Phi) is 5.54. The molecule has 1 aromatic rings. The van der Waals surface area contributed by atoms with Gasteiger partial charge in [-0.3, -0.25) is 4.90 Å². The van der Waals surface area contributed by atoms with Crippen LogP contribution in [0.25, 0.3) is 0 Å². The van der Waals surface area contributed by atoms with Crippen molar-refractivity contribution in [2.24, 2.45) is 5.92 Å². The minimum atomic E-state index is -4.27. The number of benzene rings is 1. The summed E-state index contributed by atoms with van der Waals surface area (Å²) in [5.41, 5.74) is 0.0911. The second kappa shape index (κ2) is 7.01. The molecule has 0 aromatic heterocycles. The Morgan fingerprint density at radius 1 is 1.19 bits per heavy atom. The van der Waals surface area contributed by atoms with Crippen molar-refractivity contribution in [3.8, 4) is 0 Å². The second-order valence-electron chi connectivity index (χ2n) is 5.60. The molecule has 0 saturated carbocycles. The van der Waals surface area contributed by atoms with Crippen molar-refractivity contribution in [2.45, 2.75) is 13.1 Å². The third kappa shape index (κ3) is 4.61. The van der Waals surface area contributed by atoms with Crippen LogP contribution in [-0.4, -0.2) is 43.0 Å². The molecule has 1 saturated heterocycles. The molecule has 2 rings (SSSR count). The van der Waals surface area contributed by atoms with E-state index in [0.717, 1.165) is 44.1 Å². The van der Waals surface area contributed by atoms with Crippen molar-refractivity contribution in [1.29, 1.82) is 0 Å². The zero-order valence-electron chi connectivity index (χ0n) is 12.0. The van der Waals surface area contributed by atoms with Gasteiger partial charge in [-0.15, -0.1) is 0 Å². The Hall–Kier alpha value is -0.750. The lowest BCUT2D eigenvalue weighted by Gasteiger charge is -2.37. The highest BCUT2D eigenvalue weighted by Crippen LogP contribution is 2.31. The van der Waals surface area contributed by atoms with E-state index < -0.39 is 11.7 Å². The predicted molar refractivity (Wildman–Crippen MR) is 83.1 cm³/mol. The lowest BCUT2D eigenvalue weighted by molar-refractivity contribution is -0.137. The average Bonchev–Trinajstić information content (AvgIpc) is 2.47. The number of hydrogen-bond acceptors (Lipinski definition) is 2. The van der Waals surface area contributed by atoms with Crippen LogP contribution in [0.1, 0.15) is 12.5 Å². The van der Waals surface area contributed by atoms with Crippen LogP contribution in [0.3, 0.4) is 0 Å². The summed E-state index contributed by atoms with van der Waals surface area (Å²) in [5.74, 6) is 0.588. The van der Waals surface area contributed by atoms with Crippen LogP contribution in [0.15, 0.2) is 24.3 Å². The van der Waals surface area contributed by atoms with Gasteiger partial charge in [0.2, 0.25) is 0 Å². The molecule has 1 atom stereocenters. The fourth-order valence-corrected chi connectivity index (χ4v) is 2.76. The molecule has 0 N–H and O–H groups in total. The monoisotopic (exact) mass is 364 g/mol. The summed E-state index contributed by atoms with van der Waals surface area (Å²) in [4.78, 5) is 4.40. The topological polar surface area (TPSA) is 6.48 Å². The molecule has 1 heterocycles. The van der Waals surface area contributed by atoms with Crippen LogP contribution in [0.4, 0.5) is 18.9 Å². The largest absolute Gasteiger partial charge is 0.416 e. The number of nitrogens with zero attached hydrogens (tertiary/aromatic N) is 2. The Bertz CT molecular complexity index is 456. The molecule has 6 heteroatoms. The summed E-state index contributed by atoms with van der Waals surface area (Å²) in [6.07, 6.45) is -4.27. The van der Waals surface area contributed by atoms with E-state index in [2.05, 4.69) is 27.8 Å². The standard InChI is InChI=1S/C15H20BrF3N2/c1-12(10-16)11-20-5-7-21(8-6-20)14-4-2-3-13(9-14)15(17,18)19/h2-4,9,12H,5-8,10-11H2,1H3. The molecule has 118 valence electrons. The van der Waals surface area contributed by atoms with Gasteiger partial charge in [0.1, 0.15) is 0 Å². The number of alkyl halides is 4. The number of hydrogen-bond donors (Lipinski definition) is 0. The van der Waals surface area contributed by atoms with Gasteiger partial charge in [0.05, 0.1) is 5.56 Å². The molecule has 1 fully saturated rings. The lowest BCUT2D eigenvalue weighted by Crippen LogP contribution is -2.47. The molecule has 2 nitrogen and oxygen atoms in total. The van der Waals surface area contributed by atoms with Crippen molar-refractivity contribution in [1.82, 2.24) is 4.90 Å². The first kappa shape index (κ1) is 16.6. The van der Waals surface area contributed by atoms with Crippen LogP contribution in [-0.2, 0) is 6.18 Å². The first-order valence-corrected chi connectivity index (χ1v) is 8.23. The molecule has 1 aliphatic rings. The molecular formula is C15H20BrF3N2. The Balaban J connectivity index is 1.96. The van der Waals surface area contributed by atoms with E-state index in [0.29, 0.717) is 11.6 Å². The quantitative estimate of drug-likeness (QED) is 0.748. The molecule has 0 amide bonds. The zero-order valence-corrected chi connectivity index (χ0v) is 13.6. The summed E-state index contributed by atoms with van der Waals surface area (Å²) in [6, 6.07) is 5.61. The number of anilines is 1. The maximum absolute atomic E-state index is 12.7. The maximum Gasteiger partial charge on any atom is 0.416 e. The van der Waals surface area contributed by atoms with E-state index in [-0.39, 0.29) is 0 Å². The Morgan fingerprint density at radius 3 is 2.43 bits per heavy atom. The van der Waals surface area contributed by atoms with Gasteiger partial charge < -0.3 is 4.90 Å². The highest BCUT2D eigenvalue weighted by molar-refractivity contribution is 9.09. The molecule has 0 radical (unpaired) electrons. The van der Waals surface area contributed by atoms with Crippen molar-refractivity contribution < 1.29 is 13.2 Å². The van der Waals surface area contributed by atoms with Crippen molar-refractivity contribution >= 4 is 21.6 Å². The molecule has 21 heavy (non-hydrogen) atoms. The minimum Gasteiger partial charge on any atom is -0.369 e. The second-order valence-corrected chi connectivity index (χ2v) is 6.24. The van der Waals surface area contributed by atoms with Crippen LogP contribution in [0.5, 0.6) is 0 Å². The summed E-state index contributed by atoms with van der Waals surface area (Å²) in [7, 11) is 0. The van der Waals surface area contributed by atoms with Crippen LogP contribution < -0.4 is 4.90 Å². The Labute approximate surface area is 132 Å². The molecule has 1 unspecified atom stereocenters. The van der Waals surface area contributed by atoms with Crippen molar-refractivity contribution in [2.75, 3.05) is 43.0 Å². The van der Waals surface area contributed by atoms with Gasteiger partial charge in [0.15, 0.2) is 0 Å². The number of halogens is 4. The fourth-order valence-electron chi connectivity index (χ4n) is 2.56. The van der Waals surface area contributed by atoms with Crippen LogP contribution >= 0.6 is 15.9 Å². The first-order chi connectivity index (χ1) is 9.90. The van der Waals surface area contributed by atoms with Gasteiger partial charge >= 0.3 is 6.18 Å². The highest BCUT2D eigenvalue weighted by Gasteiger charge is 2.31. The van der Waals surface area contributed by atoms with Gasteiger partial charge in [-0.25, -0.2) is 0 Å². The van der Waals surface area contributed by atoms with E-state index >= 15 is 0 Å². The van der Waals surface area contributed by atoms with Crippen molar-refractivity contribution in [3.63, 3.8) is 0 Å². The molecule has 1 aromatic carbocycles. The molecule has 0 spiro atoms. The predicted octanol–water partition coefficient (Wildman–Crippen LogP) is 3.86. The smallest absolute Gasteiger partial charge is 0.369 e. The normalized spacial score (nSPS) is 18.8. The molecule has 1 aliphatic heterocycles. The van der Waals surface area contributed by atoms with Gasteiger partial charge in [0, 0.05) is 43.7 Å². The number of piperazine rings is 1. The molecule has 0 bridgehead atoms. The fraction of sp³-hybridized carbons (Fsp3) is 0.600. The van der Waals surface area contributed by atoms with E-state index in [1.165, 1.54) is 12.1 Å². The highest BCUT2D eigenvalue weighted by atomic mass is 79.9. The van der Waals surface area contributed by atoms with E-state index in [4.69, 9.17) is 0 Å². The minimum absolute atomic E-state index is 0.574. The maximum atomic E-state index is 12.7. The molecule has 0 aliphatic carbocycles. The van der Waals surface area contributed by atoms with Gasteiger partial charge in [-0.05, 0) is 24.1 Å². The SMILES string of the molecule is CC(CBr)CN1CCN(c2cccc(C(F)(F)F)c2)CC1. The summed E-state index contributed by atoms with van der Waals surface area (Å²) in [5, 5.41) is 0.973. The van der Waals surface area contributed by atoms with Gasteiger partial charge in [0.25, 0.3) is 0 Å². The third-order valence-corrected chi connectivity index (χ3v) is 4.85. The summed E-state index contributed by atoms with van der Waals surface area (Å²) in [6.45, 7) is 6.56. The van der Waals surface area contributed by atoms with Crippen molar-refractivity contribution in [3.05, 3.63) is 29.8 Å². The van der Waals surface area contributed by atoms with Gasteiger partial charge in [-0.1, -0.05) is 28.9 Å². The molecular weight excluding hydrogens is 345 g/mol. The average molecular weight is 365 g/mol. The third-order valence-electron chi connectivity index (χ3n) is 3.74.